The van der Waals surface area contributed by atoms with E-state index < -0.39 is 72.3 Å². The predicted octanol–water partition coefficient (Wildman–Crippen LogP) is 9.42. The molecule has 0 N–H and O–H groups in total. The summed E-state index contributed by atoms with van der Waals surface area (Å²) in [6, 6.07) is 14.2. The summed E-state index contributed by atoms with van der Waals surface area (Å²) in [5.41, 5.74) is -4.02. The molecule has 16 heteroatoms. The molecule has 4 atom stereocenters. The Morgan fingerprint density at radius 3 is 1.26 bits per heavy atom. The van der Waals surface area contributed by atoms with Gasteiger partial charge in [0.05, 0.1) is 26.4 Å². The van der Waals surface area contributed by atoms with E-state index in [-0.39, 0.29) is 24.0 Å². The van der Waals surface area contributed by atoms with Gasteiger partial charge in [0.2, 0.25) is 0 Å². The zero-order chi connectivity index (χ0) is 42.1. The molecule has 318 valence electrons. The van der Waals surface area contributed by atoms with E-state index >= 15 is 0 Å². The molecule has 2 aliphatic heterocycles. The van der Waals surface area contributed by atoms with Crippen LogP contribution in [-0.4, -0.2) is 62.1 Å². The molecule has 3 aromatic rings. The van der Waals surface area contributed by atoms with Crippen molar-refractivity contribution in [2.45, 2.75) is 115 Å². The molecule has 0 aromatic heterocycles. The number of halogens is 6. The van der Waals surface area contributed by atoms with Crippen LogP contribution in [0.4, 0.5) is 26.3 Å². The van der Waals surface area contributed by atoms with Gasteiger partial charge < -0.3 is 37.9 Å². The molecule has 2 heterocycles. The minimum atomic E-state index is -5.64. The summed E-state index contributed by atoms with van der Waals surface area (Å²) in [7, 11) is 0. The molecule has 5 rings (SSSR count). The number of rotatable bonds is 22. The zero-order valence-electron chi connectivity index (χ0n) is 32.8. The van der Waals surface area contributed by atoms with Crippen LogP contribution in [-0.2, 0) is 53.7 Å². The second kappa shape index (κ2) is 19.1. The maximum absolute atomic E-state index is 14.3. The molecule has 0 spiro atoms. The largest absolute Gasteiger partial charge is 0.465 e. The Morgan fingerprint density at radius 1 is 0.621 bits per heavy atom. The molecule has 0 radical (unpaired) electrons. The number of esters is 2. The van der Waals surface area contributed by atoms with Crippen LogP contribution < -0.4 is 18.9 Å². The van der Waals surface area contributed by atoms with Crippen LogP contribution in [0.1, 0.15) is 88.5 Å². The molecular formula is C42H48F6O10. The molecule has 2 fully saturated rings. The number of epoxide rings is 2. The molecule has 0 saturated carbocycles. The highest BCUT2D eigenvalue weighted by Gasteiger charge is 2.49. The highest BCUT2D eigenvalue weighted by atomic mass is 19.4. The zero-order valence-corrected chi connectivity index (χ0v) is 32.8. The second-order valence-corrected chi connectivity index (χ2v) is 14.8. The topological polar surface area (TPSA) is 115 Å². The van der Waals surface area contributed by atoms with Gasteiger partial charge in [-0.3, -0.25) is 9.59 Å². The van der Waals surface area contributed by atoms with Crippen molar-refractivity contribution in [2.24, 2.45) is 0 Å². The maximum Gasteiger partial charge on any atom is 0.420 e. The van der Waals surface area contributed by atoms with Crippen molar-refractivity contribution in [3.63, 3.8) is 0 Å². The summed E-state index contributed by atoms with van der Waals surface area (Å²) in [6.45, 7) is 9.76. The number of ether oxygens (including phenoxy) is 8. The van der Waals surface area contributed by atoms with Crippen LogP contribution >= 0.6 is 0 Å². The summed E-state index contributed by atoms with van der Waals surface area (Å²) in [5.74, 6) is -4.18. The third-order valence-electron chi connectivity index (χ3n) is 9.23. The highest BCUT2D eigenvalue weighted by molar-refractivity contribution is 5.76. The number of carbonyl (C=O) groups is 2. The summed E-state index contributed by atoms with van der Waals surface area (Å²) in [4.78, 5) is 25.4. The Hall–Kier alpha value is -4.38. The molecule has 2 saturated heterocycles. The Morgan fingerprint density at radius 2 is 0.966 bits per heavy atom. The van der Waals surface area contributed by atoms with Crippen LogP contribution in [0.3, 0.4) is 0 Å². The van der Waals surface area contributed by atoms with E-state index in [0.717, 1.165) is 12.8 Å². The van der Waals surface area contributed by atoms with Gasteiger partial charge in [-0.1, -0.05) is 51.0 Å². The van der Waals surface area contributed by atoms with Gasteiger partial charge in [0.25, 0.3) is 0 Å². The summed E-state index contributed by atoms with van der Waals surface area (Å²) in [6.07, 6.45) is -10.4. The average molecular weight is 827 g/mol. The van der Waals surface area contributed by atoms with Crippen molar-refractivity contribution in [3.05, 3.63) is 82.9 Å². The SMILES string of the molecule is CCCC(OCC1(C)CO1)Oc1ccc(CCC(=O)Oc2ccc(OC(=O)CCc3ccc(OC(CCC)OCC4(C)CO4)cc3)c(C(F)(F)F)c2C(F)(F)F)cc1. The number of hydrogen-bond donors (Lipinski definition) is 0. The Labute approximate surface area is 333 Å². The van der Waals surface area contributed by atoms with Crippen molar-refractivity contribution in [1.29, 1.82) is 0 Å². The second-order valence-electron chi connectivity index (χ2n) is 14.8. The first-order valence-corrected chi connectivity index (χ1v) is 19.1. The average Bonchev–Trinajstić information content (AvgIpc) is 4.09. The number of hydrogen-bond acceptors (Lipinski definition) is 10. The van der Waals surface area contributed by atoms with Gasteiger partial charge in [-0.2, -0.15) is 26.3 Å². The van der Waals surface area contributed by atoms with Gasteiger partial charge in [0.15, 0.2) is 12.6 Å². The molecule has 2 aliphatic rings. The van der Waals surface area contributed by atoms with Gasteiger partial charge in [0.1, 0.15) is 45.3 Å². The minimum Gasteiger partial charge on any atom is -0.465 e. The van der Waals surface area contributed by atoms with Gasteiger partial charge >= 0.3 is 24.3 Å². The lowest BCUT2D eigenvalue weighted by atomic mass is 10.0. The quantitative estimate of drug-likeness (QED) is 0.0319. The van der Waals surface area contributed by atoms with E-state index in [1.54, 1.807) is 48.5 Å². The van der Waals surface area contributed by atoms with Crippen molar-refractivity contribution in [1.82, 2.24) is 0 Å². The molecule has 0 bridgehead atoms. The maximum atomic E-state index is 14.3. The van der Waals surface area contributed by atoms with Crippen LogP contribution in [0, 0.1) is 0 Å². The summed E-state index contributed by atoms with van der Waals surface area (Å²) >= 11 is 0. The van der Waals surface area contributed by atoms with Crippen molar-refractivity contribution < 1.29 is 73.8 Å². The molecule has 0 aliphatic carbocycles. The van der Waals surface area contributed by atoms with Crippen LogP contribution in [0.25, 0.3) is 0 Å². The first-order valence-electron chi connectivity index (χ1n) is 19.1. The van der Waals surface area contributed by atoms with Crippen molar-refractivity contribution >= 4 is 11.9 Å². The monoisotopic (exact) mass is 826 g/mol. The third kappa shape index (κ3) is 13.6. The van der Waals surface area contributed by atoms with Crippen molar-refractivity contribution in [3.8, 4) is 23.0 Å². The van der Waals surface area contributed by atoms with Crippen LogP contribution in [0.2, 0.25) is 0 Å². The third-order valence-corrected chi connectivity index (χ3v) is 9.23. The van der Waals surface area contributed by atoms with E-state index in [4.69, 9.17) is 37.9 Å². The Bertz CT molecular complexity index is 1690. The predicted molar refractivity (Wildman–Crippen MR) is 197 cm³/mol. The molecule has 58 heavy (non-hydrogen) atoms. The van der Waals surface area contributed by atoms with Gasteiger partial charge in [-0.15, -0.1) is 0 Å². The van der Waals surface area contributed by atoms with Crippen LogP contribution in [0.5, 0.6) is 23.0 Å². The standard InChI is InChI=1S/C42H48F6O10/c1-5-7-35(51-23-39(3)25-53-39)55-29-15-9-27(10-16-29)13-21-33(49)57-31-19-20-32(38(42(46,47)48)37(31)41(43,44)45)58-34(50)22-14-28-11-17-30(18-12-28)56-36(8-6-2)52-24-40(4)26-54-40/h9-12,15-20,35-36H,5-8,13-14,21-26H2,1-4H3. The van der Waals surface area contributed by atoms with E-state index in [9.17, 15) is 35.9 Å². The van der Waals surface area contributed by atoms with Gasteiger partial charge in [-0.25, -0.2) is 0 Å². The molecule has 10 nitrogen and oxygen atoms in total. The first kappa shape index (κ1) is 44.7. The fraction of sp³-hybridized carbons (Fsp3) is 0.524. The van der Waals surface area contributed by atoms with E-state index in [0.29, 0.717) is 74.0 Å². The van der Waals surface area contributed by atoms with E-state index in [1.165, 1.54) is 0 Å². The number of alkyl halides is 6. The highest BCUT2D eigenvalue weighted by Crippen LogP contribution is 2.49. The lowest BCUT2D eigenvalue weighted by Crippen LogP contribution is -2.26. The smallest absolute Gasteiger partial charge is 0.420 e. The minimum absolute atomic E-state index is 0.00573. The molecule has 3 aromatic carbocycles. The molecular weight excluding hydrogens is 778 g/mol. The number of benzene rings is 3. The fourth-order valence-electron chi connectivity index (χ4n) is 5.69. The summed E-state index contributed by atoms with van der Waals surface area (Å²) < 4.78 is 130. The van der Waals surface area contributed by atoms with E-state index in [2.05, 4.69) is 0 Å². The normalized spacial score (nSPS) is 19.9. The van der Waals surface area contributed by atoms with E-state index in [1.807, 2.05) is 27.7 Å². The Balaban J connectivity index is 1.17. The van der Waals surface area contributed by atoms with Gasteiger partial charge in [-0.05, 0) is 74.2 Å². The lowest BCUT2D eigenvalue weighted by Gasteiger charge is -2.21. The van der Waals surface area contributed by atoms with Crippen molar-refractivity contribution in [2.75, 3.05) is 26.4 Å². The molecule has 0 amide bonds. The van der Waals surface area contributed by atoms with Gasteiger partial charge in [0, 0.05) is 25.7 Å². The van der Waals surface area contributed by atoms with Crippen LogP contribution in [0.15, 0.2) is 60.7 Å². The number of carbonyl (C=O) groups excluding carboxylic acids is 2. The summed E-state index contributed by atoms with van der Waals surface area (Å²) in [5, 5.41) is 0. The lowest BCUT2D eigenvalue weighted by molar-refractivity contribution is -0.165. The number of aryl methyl sites for hydroxylation is 2. The molecule has 4 unspecified atom stereocenters. The Kier molecular flexibility index (Phi) is 14.7. The first-order chi connectivity index (χ1) is 27.4. The fourth-order valence-corrected chi connectivity index (χ4v) is 5.69.